The lowest BCUT2D eigenvalue weighted by molar-refractivity contribution is -0.123. The van der Waals surface area contributed by atoms with Crippen LogP contribution in [0.3, 0.4) is 0 Å². The number of aryl methyl sites for hydroxylation is 1. The monoisotopic (exact) mass is 358 g/mol. The van der Waals surface area contributed by atoms with Gasteiger partial charge in [0.2, 0.25) is 17.6 Å². The van der Waals surface area contributed by atoms with Crippen molar-refractivity contribution in [3.63, 3.8) is 0 Å². The molecular weight excluding hydrogens is 336 g/mol. The number of carbonyl (C=O) groups is 2. The minimum Gasteiger partial charge on any atom is -0.493 e. The summed E-state index contributed by atoms with van der Waals surface area (Å²) in [5.41, 5.74) is 2.10. The molecule has 2 rings (SSSR count). The fraction of sp³-hybridized carbons (Fsp3) is 0.263. The van der Waals surface area contributed by atoms with Crippen molar-refractivity contribution in [1.82, 2.24) is 0 Å². The van der Waals surface area contributed by atoms with Gasteiger partial charge in [-0.25, -0.2) is 0 Å². The summed E-state index contributed by atoms with van der Waals surface area (Å²) in [6.45, 7) is 1.92. The zero-order valence-corrected chi connectivity index (χ0v) is 15.2. The van der Waals surface area contributed by atoms with Gasteiger partial charge in [-0.1, -0.05) is 12.1 Å². The van der Waals surface area contributed by atoms with Crippen molar-refractivity contribution in [2.45, 2.75) is 13.3 Å². The van der Waals surface area contributed by atoms with Crippen molar-refractivity contribution < 1.29 is 23.8 Å². The average Bonchev–Trinajstić information content (AvgIpc) is 2.60. The van der Waals surface area contributed by atoms with Crippen LogP contribution in [-0.2, 0) is 9.59 Å². The lowest BCUT2D eigenvalue weighted by atomic mass is 10.2. The normalized spacial score (nSPS) is 10.0. The van der Waals surface area contributed by atoms with E-state index in [1.807, 2.05) is 25.1 Å². The molecule has 2 aromatic rings. The Kier molecular flexibility index (Phi) is 6.43. The molecule has 0 aliphatic heterocycles. The Bertz CT molecular complexity index is 779. The number of carbonyl (C=O) groups excluding carboxylic acids is 2. The van der Waals surface area contributed by atoms with Crippen molar-refractivity contribution >= 4 is 23.2 Å². The van der Waals surface area contributed by atoms with Crippen LogP contribution in [0.5, 0.6) is 17.2 Å². The molecule has 0 bridgehead atoms. The van der Waals surface area contributed by atoms with Crippen LogP contribution in [0.1, 0.15) is 12.0 Å². The minimum atomic E-state index is -0.454. The number of anilines is 2. The number of nitrogens with one attached hydrogen (secondary N) is 2. The molecule has 2 N–H and O–H groups in total. The zero-order chi connectivity index (χ0) is 19.1. The molecule has 2 aromatic carbocycles. The van der Waals surface area contributed by atoms with Crippen LogP contribution in [0.25, 0.3) is 0 Å². The van der Waals surface area contributed by atoms with Gasteiger partial charge in [-0.05, 0) is 24.6 Å². The van der Waals surface area contributed by atoms with Crippen LogP contribution in [0.4, 0.5) is 11.4 Å². The first-order chi connectivity index (χ1) is 12.5. The number of amides is 2. The number of benzene rings is 2. The quantitative estimate of drug-likeness (QED) is 0.743. The summed E-state index contributed by atoms with van der Waals surface area (Å²) in [4.78, 5) is 24.2. The number of rotatable bonds is 7. The Morgan fingerprint density at radius 3 is 1.92 bits per heavy atom. The third kappa shape index (κ3) is 4.89. The fourth-order valence-electron chi connectivity index (χ4n) is 2.43. The second-order valence-corrected chi connectivity index (χ2v) is 5.56. The summed E-state index contributed by atoms with van der Waals surface area (Å²) in [5.74, 6) is 0.382. The number of hydrogen-bond acceptors (Lipinski definition) is 5. The van der Waals surface area contributed by atoms with Crippen LogP contribution in [-0.4, -0.2) is 33.1 Å². The van der Waals surface area contributed by atoms with Gasteiger partial charge in [0.25, 0.3) is 0 Å². The van der Waals surface area contributed by atoms with Crippen molar-refractivity contribution in [1.29, 1.82) is 0 Å². The highest BCUT2D eigenvalue weighted by molar-refractivity contribution is 6.08. The van der Waals surface area contributed by atoms with E-state index in [1.165, 1.54) is 21.3 Å². The second-order valence-electron chi connectivity index (χ2n) is 5.56. The molecule has 0 aliphatic carbocycles. The standard InChI is InChI=1S/C19H22N2O5/c1-12-6-5-7-13(8-12)20-17(22)11-18(23)21-14-9-15(24-2)19(26-4)16(10-14)25-3/h5-10H,11H2,1-4H3,(H,20,22)(H,21,23). The summed E-state index contributed by atoms with van der Waals surface area (Å²) in [7, 11) is 4.46. The predicted octanol–water partition coefficient (Wildman–Crippen LogP) is 2.99. The summed E-state index contributed by atoms with van der Waals surface area (Å²) < 4.78 is 15.7. The highest BCUT2D eigenvalue weighted by Gasteiger charge is 2.16. The van der Waals surface area contributed by atoms with Crippen LogP contribution >= 0.6 is 0 Å². The summed E-state index contributed by atoms with van der Waals surface area (Å²) >= 11 is 0. The highest BCUT2D eigenvalue weighted by atomic mass is 16.5. The van der Waals surface area contributed by atoms with E-state index in [2.05, 4.69) is 10.6 Å². The van der Waals surface area contributed by atoms with E-state index in [4.69, 9.17) is 14.2 Å². The van der Waals surface area contributed by atoms with Gasteiger partial charge in [0.05, 0.1) is 21.3 Å². The first kappa shape index (κ1) is 19.1. The molecule has 0 saturated carbocycles. The lowest BCUT2D eigenvalue weighted by Gasteiger charge is -2.14. The summed E-state index contributed by atoms with van der Waals surface area (Å²) in [6.07, 6.45) is -0.315. The van der Waals surface area contributed by atoms with Crippen molar-refractivity contribution in [2.24, 2.45) is 0 Å². The first-order valence-corrected chi connectivity index (χ1v) is 7.93. The highest BCUT2D eigenvalue weighted by Crippen LogP contribution is 2.39. The fourth-order valence-corrected chi connectivity index (χ4v) is 2.43. The molecule has 0 unspecified atom stereocenters. The molecule has 138 valence electrons. The number of methoxy groups -OCH3 is 3. The molecule has 0 spiro atoms. The Morgan fingerprint density at radius 1 is 0.846 bits per heavy atom. The molecule has 7 heteroatoms. The van der Waals surface area contributed by atoms with E-state index in [9.17, 15) is 9.59 Å². The number of ether oxygens (including phenoxy) is 3. The molecule has 0 atom stereocenters. The van der Waals surface area contributed by atoms with E-state index >= 15 is 0 Å². The SMILES string of the molecule is COc1cc(NC(=O)CC(=O)Nc2cccc(C)c2)cc(OC)c1OC. The summed E-state index contributed by atoms with van der Waals surface area (Å²) in [6, 6.07) is 10.5. The van der Waals surface area contributed by atoms with Crippen molar-refractivity contribution in [2.75, 3.05) is 32.0 Å². The molecule has 0 saturated heterocycles. The molecule has 0 aliphatic rings. The van der Waals surface area contributed by atoms with Gasteiger partial charge in [0, 0.05) is 23.5 Å². The Hall–Kier alpha value is -3.22. The third-order valence-corrected chi connectivity index (χ3v) is 3.57. The van der Waals surface area contributed by atoms with Gasteiger partial charge in [-0.2, -0.15) is 0 Å². The van der Waals surface area contributed by atoms with E-state index in [0.717, 1.165) is 5.56 Å². The number of hydrogen-bond donors (Lipinski definition) is 2. The van der Waals surface area contributed by atoms with Crippen molar-refractivity contribution in [3.05, 3.63) is 42.0 Å². The van der Waals surface area contributed by atoms with Gasteiger partial charge in [-0.3, -0.25) is 9.59 Å². The van der Waals surface area contributed by atoms with Crippen LogP contribution in [0.15, 0.2) is 36.4 Å². The smallest absolute Gasteiger partial charge is 0.233 e. The van der Waals surface area contributed by atoms with E-state index in [1.54, 1.807) is 18.2 Å². The average molecular weight is 358 g/mol. The summed E-state index contributed by atoms with van der Waals surface area (Å²) in [5, 5.41) is 5.35. The Balaban J connectivity index is 2.04. The lowest BCUT2D eigenvalue weighted by Crippen LogP contribution is -2.21. The Labute approximate surface area is 152 Å². The molecule has 7 nitrogen and oxygen atoms in total. The molecule has 2 amide bonds. The van der Waals surface area contributed by atoms with Gasteiger partial charge < -0.3 is 24.8 Å². The van der Waals surface area contributed by atoms with Gasteiger partial charge in [-0.15, -0.1) is 0 Å². The topological polar surface area (TPSA) is 85.9 Å². The largest absolute Gasteiger partial charge is 0.493 e. The van der Waals surface area contributed by atoms with Crippen molar-refractivity contribution in [3.8, 4) is 17.2 Å². The molecule has 0 heterocycles. The zero-order valence-electron chi connectivity index (χ0n) is 15.2. The minimum absolute atomic E-state index is 0.315. The van der Waals surface area contributed by atoms with Gasteiger partial charge in [0.1, 0.15) is 6.42 Å². The predicted molar refractivity (Wildman–Crippen MR) is 99.2 cm³/mol. The van der Waals surface area contributed by atoms with Crippen LogP contribution in [0, 0.1) is 6.92 Å². The maximum Gasteiger partial charge on any atom is 0.233 e. The van der Waals surface area contributed by atoms with Gasteiger partial charge >= 0.3 is 0 Å². The van der Waals surface area contributed by atoms with E-state index in [0.29, 0.717) is 28.6 Å². The maximum absolute atomic E-state index is 12.1. The molecule has 0 fully saturated rings. The molecule has 0 radical (unpaired) electrons. The molecule has 0 aromatic heterocycles. The molecule has 26 heavy (non-hydrogen) atoms. The van der Waals surface area contributed by atoms with Crippen LogP contribution in [0.2, 0.25) is 0 Å². The van der Waals surface area contributed by atoms with Gasteiger partial charge in [0.15, 0.2) is 11.5 Å². The molecular formula is C19H22N2O5. The maximum atomic E-state index is 12.1. The first-order valence-electron chi connectivity index (χ1n) is 7.93. The van der Waals surface area contributed by atoms with Crippen LogP contribution < -0.4 is 24.8 Å². The van der Waals surface area contributed by atoms with E-state index < -0.39 is 11.8 Å². The second kappa shape index (κ2) is 8.75. The van der Waals surface area contributed by atoms with E-state index in [-0.39, 0.29) is 6.42 Å². The third-order valence-electron chi connectivity index (χ3n) is 3.57. The Morgan fingerprint density at radius 2 is 1.42 bits per heavy atom.